The van der Waals surface area contributed by atoms with Crippen molar-refractivity contribution in [1.29, 1.82) is 0 Å². The number of nitrogens with two attached hydrogens (primary N) is 1. The molecule has 2 aromatic heterocycles. The Hall–Kier alpha value is -2.19. The number of rotatable bonds is 5. The Labute approximate surface area is 120 Å². The number of nitrogens with one attached hydrogen (secondary N) is 2. The van der Waals surface area contributed by atoms with Gasteiger partial charge in [-0.05, 0) is 31.5 Å². The second kappa shape index (κ2) is 5.85. The molecule has 7 nitrogen and oxygen atoms in total. The SMILES string of the molecule is Cc1cc(CNc2nc(NN)ccc2[N+](=O)[O-])sc1C. The van der Waals surface area contributed by atoms with Gasteiger partial charge in [-0.3, -0.25) is 10.1 Å². The number of pyridine rings is 1. The normalized spacial score (nSPS) is 10.3. The molecule has 20 heavy (non-hydrogen) atoms. The highest BCUT2D eigenvalue weighted by molar-refractivity contribution is 7.12. The van der Waals surface area contributed by atoms with Gasteiger partial charge in [-0.25, -0.2) is 10.8 Å². The monoisotopic (exact) mass is 293 g/mol. The van der Waals surface area contributed by atoms with Gasteiger partial charge < -0.3 is 10.7 Å². The summed E-state index contributed by atoms with van der Waals surface area (Å²) in [4.78, 5) is 16.9. The fourth-order valence-electron chi connectivity index (χ4n) is 1.72. The molecular weight excluding hydrogens is 278 g/mol. The van der Waals surface area contributed by atoms with Crippen LogP contribution < -0.4 is 16.6 Å². The van der Waals surface area contributed by atoms with Crippen LogP contribution >= 0.6 is 11.3 Å². The average Bonchev–Trinajstić information content (AvgIpc) is 2.75. The Morgan fingerprint density at radius 1 is 1.45 bits per heavy atom. The van der Waals surface area contributed by atoms with Crippen LogP contribution in [0.4, 0.5) is 17.3 Å². The summed E-state index contributed by atoms with van der Waals surface area (Å²) in [5.41, 5.74) is 3.51. The zero-order valence-electron chi connectivity index (χ0n) is 11.1. The van der Waals surface area contributed by atoms with Crippen LogP contribution in [0.1, 0.15) is 15.3 Å². The van der Waals surface area contributed by atoms with Crippen molar-refractivity contribution in [3.63, 3.8) is 0 Å². The summed E-state index contributed by atoms with van der Waals surface area (Å²) in [5, 5.41) is 14.0. The standard InChI is InChI=1S/C12H15N5O2S/c1-7-5-9(20-8(7)2)6-14-12-10(17(18)19)3-4-11(15-12)16-13/h3-5H,6,13H2,1-2H3,(H2,14,15,16). The first-order valence-electron chi connectivity index (χ1n) is 5.93. The van der Waals surface area contributed by atoms with Gasteiger partial charge in [0.25, 0.3) is 0 Å². The van der Waals surface area contributed by atoms with Crippen molar-refractivity contribution in [2.45, 2.75) is 20.4 Å². The zero-order valence-corrected chi connectivity index (χ0v) is 12.0. The number of aromatic nitrogens is 1. The molecule has 0 aromatic carbocycles. The summed E-state index contributed by atoms with van der Waals surface area (Å²) in [6, 6.07) is 4.89. The van der Waals surface area contributed by atoms with E-state index in [4.69, 9.17) is 5.84 Å². The number of nitrogens with zero attached hydrogens (tertiary/aromatic N) is 2. The van der Waals surface area contributed by atoms with Crippen LogP contribution in [0.15, 0.2) is 18.2 Å². The van der Waals surface area contributed by atoms with Crippen LogP contribution in [-0.4, -0.2) is 9.91 Å². The maximum Gasteiger partial charge on any atom is 0.311 e. The van der Waals surface area contributed by atoms with Gasteiger partial charge in [0.1, 0.15) is 5.82 Å². The molecule has 0 aliphatic rings. The lowest BCUT2D eigenvalue weighted by Crippen LogP contribution is -2.11. The second-order valence-electron chi connectivity index (χ2n) is 4.27. The molecule has 0 bridgehead atoms. The predicted molar refractivity (Wildman–Crippen MR) is 79.8 cm³/mol. The number of aryl methyl sites for hydroxylation is 2. The molecule has 0 spiro atoms. The highest BCUT2D eigenvalue weighted by Crippen LogP contribution is 2.26. The summed E-state index contributed by atoms with van der Waals surface area (Å²) in [5.74, 6) is 5.84. The highest BCUT2D eigenvalue weighted by atomic mass is 32.1. The molecule has 0 saturated heterocycles. The Morgan fingerprint density at radius 2 is 2.20 bits per heavy atom. The van der Waals surface area contributed by atoms with Gasteiger partial charge in [-0.1, -0.05) is 0 Å². The number of nitro groups is 1. The maximum atomic E-state index is 11.0. The lowest BCUT2D eigenvalue weighted by atomic mass is 10.3. The van der Waals surface area contributed by atoms with Crippen molar-refractivity contribution in [3.05, 3.63) is 43.6 Å². The molecule has 106 valence electrons. The van der Waals surface area contributed by atoms with Gasteiger partial charge in [0.2, 0.25) is 5.82 Å². The lowest BCUT2D eigenvalue weighted by Gasteiger charge is -2.06. The van der Waals surface area contributed by atoms with E-state index in [0.29, 0.717) is 12.4 Å². The minimum absolute atomic E-state index is 0.0750. The number of hydrogen-bond acceptors (Lipinski definition) is 7. The van der Waals surface area contributed by atoms with Gasteiger partial charge in [0, 0.05) is 15.8 Å². The molecule has 0 fully saturated rings. The summed E-state index contributed by atoms with van der Waals surface area (Å²) in [6.45, 7) is 4.57. The molecule has 4 N–H and O–H groups in total. The third-order valence-corrected chi connectivity index (χ3v) is 4.02. The predicted octanol–water partition coefficient (Wildman–Crippen LogP) is 2.57. The minimum atomic E-state index is -0.472. The van der Waals surface area contributed by atoms with Gasteiger partial charge in [-0.15, -0.1) is 11.3 Å². The quantitative estimate of drug-likeness (QED) is 0.444. The van der Waals surface area contributed by atoms with Gasteiger partial charge in [0.05, 0.1) is 11.5 Å². The van der Waals surface area contributed by atoms with E-state index >= 15 is 0 Å². The van der Waals surface area contributed by atoms with Crippen LogP contribution in [0.3, 0.4) is 0 Å². The van der Waals surface area contributed by atoms with E-state index in [0.717, 1.165) is 4.88 Å². The topological polar surface area (TPSA) is 106 Å². The van der Waals surface area contributed by atoms with E-state index in [2.05, 4.69) is 21.8 Å². The lowest BCUT2D eigenvalue weighted by molar-refractivity contribution is -0.384. The number of hydrazine groups is 1. The first-order chi connectivity index (χ1) is 9.51. The average molecular weight is 293 g/mol. The molecule has 2 aromatic rings. The van der Waals surface area contributed by atoms with Gasteiger partial charge in [0.15, 0.2) is 0 Å². The van der Waals surface area contributed by atoms with Crippen molar-refractivity contribution in [2.24, 2.45) is 5.84 Å². The first kappa shape index (κ1) is 14.2. The van der Waals surface area contributed by atoms with E-state index in [1.54, 1.807) is 11.3 Å². The Morgan fingerprint density at radius 3 is 2.75 bits per heavy atom. The largest absolute Gasteiger partial charge is 0.359 e. The van der Waals surface area contributed by atoms with E-state index in [1.807, 2.05) is 13.8 Å². The maximum absolute atomic E-state index is 11.0. The number of anilines is 2. The molecule has 2 heterocycles. The highest BCUT2D eigenvalue weighted by Gasteiger charge is 2.16. The molecule has 2 rings (SSSR count). The fraction of sp³-hybridized carbons (Fsp3) is 0.250. The van der Waals surface area contributed by atoms with Crippen molar-refractivity contribution in [3.8, 4) is 0 Å². The summed E-state index contributed by atoms with van der Waals surface area (Å²) >= 11 is 1.66. The molecule has 0 atom stereocenters. The van der Waals surface area contributed by atoms with E-state index in [9.17, 15) is 10.1 Å². The van der Waals surface area contributed by atoms with Crippen LogP contribution in [0.5, 0.6) is 0 Å². The smallest absolute Gasteiger partial charge is 0.311 e. The zero-order chi connectivity index (χ0) is 14.7. The van der Waals surface area contributed by atoms with Crippen molar-refractivity contribution >= 4 is 28.7 Å². The second-order valence-corrected chi connectivity index (χ2v) is 5.61. The number of nitrogen functional groups attached to an aromatic ring is 1. The van der Waals surface area contributed by atoms with E-state index < -0.39 is 4.92 Å². The molecule has 0 aliphatic heterocycles. The molecule has 0 unspecified atom stereocenters. The number of hydrogen-bond donors (Lipinski definition) is 3. The minimum Gasteiger partial charge on any atom is -0.359 e. The molecule has 0 amide bonds. The molecular formula is C12H15N5O2S. The van der Waals surface area contributed by atoms with Gasteiger partial charge >= 0.3 is 5.69 Å². The Kier molecular flexibility index (Phi) is 4.16. The van der Waals surface area contributed by atoms with E-state index in [-0.39, 0.29) is 11.5 Å². The van der Waals surface area contributed by atoms with Gasteiger partial charge in [-0.2, -0.15) is 0 Å². The van der Waals surface area contributed by atoms with Crippen LogP contribution in [0.2, 0.25) is 0 Å². The molecule has 0 saturated carbocycles. The van der Waals surface area contributed by atoms with Crippen molar-refractivity contribution in [2.75, 3.05) is 10.7 Å². The molecule has 8 heteroatoms. The Balaban J connectivity index is 2.20. The molecule has 0 aliphatic carbocycles. The number of thiophene rings is 1. The van der Waals surface area contributed by atoms with Crippen molar-refractivity contribution in [1.82, 2.24) is 4.98 Å². The summed E-state index contributed by atoms with van der Waals surface area (Å²) < 4.78 is 0. The van der Waals surface area contributed by atoms with Crippen LogP contribution in [-0.2, 0) is 6.54 Å². The van der Waals surface area contributed by atoms with Crippen LogP contribution in [0, 0.1) is 24.0 Å². The van der Waals surface area contributed by atoms with Crippen molar-refractivity contribution < 1.29 is 4.92 Å². The summed E-state index contributed by atoms with van der Waals surface area (Å²) in [6.07, 6.45) is 0. The first-order valence-corrected chi connectivity index (χ1v) is 6.74. The third-order valence-electron chi connectivity index (χ3n) is 2.87. The van der Waals surface area contributed by atoms with Crippen LogP contribution in [0.25, 0.3) is 0 Å². The third kappa shape index (κ3) is 3.03. The summed E-state index contributed by atoms with van der Waals surface area (Å²) in [7, 11) is 0. The molecule has 0 radical (unpaired) electrons. The van der Waals surface area contributed by atoms with E-state index in [1.165, 1.54) is 22.6 Å². The fourth-order valence-corrected chi connectivity index (χ4v) is 2.71. The Bertz CT molecular complexity index is 621.